The van der Waals surface area contributed by atoms with Crippen LogP contribution in [0.5, 0.6) is 5.75 Å². The van der Waals surface area contributed by atoms with Crippen molar-refractivity contribution in [1.82, 2.24) is 9.97 Å². The first kappa shape index (κ1) is 14.8. The molecule has 0 aliphatic heterocycles. The Hall–Kier alpha value is -2.10. The number of aromatic nitrogens is 2. The molecule has 0 unspecified atom stereocenters. The summed E-state index contributed by atoms with van der Waals surface area (Å²) in [4.78, 5) is 10.9. The number of nitrogens with zero attached hydrogens (tertiary/aromatic N) is 3. The van der Waals surface area contributed by atoms with E-state index in [0.717, 1.165) is 23.8 Å². The van der Waals surface area contributed by atoms with Crippen molar-refractivity contribution in [1.29, 1.82) is 0 Å². The number of anilines is 1. The molecule has 0 radical (unpaired) electrons. The zero-order valence-electron chi connectivity index (χ0n) is 13.7. The number of aryl methyl sites for hydroxylation is 1. The van der Waals surface area contributed by atoms with Crippen molar-refractivity contribution in [2.45, 2.75) is 39.3 Å². The van der Waals surface area contributed by atoms with Gasteiger partial charge in [-0.15, -0.1) is 0 Å². The molecule has 1 heterocycles. The highest BCUT2D eigenvalue weighted by Crippen LogP contribution is 2.46. The zero-order valence-corrected chi connectivity index (χ0v) is 13.7. The summed E-state index contributed by atoms with van der Waals surface area (Å²) in [6.45, 7) is 6.45. The summed E-state index contributed by atoms with van der Waals surface area (Å²) in [5.41, 5.74) is 0.0729. The lowest BCUT2D eigenvalue weighted by Crippen LogP contribution is -2.62. The van der Waals surface area contributed by atoms with Gasteiger partial charge in [0.25, 0.3) is 0 Å². The van der Waals surface area contributed by atoms with Crippen molar-refractivity contribution in [2.24, 2.45) is 5.41 Å². The molecule has 0 spiro atoms. The molecule has 1 aromatic heterocycles. The molecule has 0 saturated heterocycles. The molecule has 1 fully saturated rings. The third kappa shape index (κ3) is 2.65. The van der Waals surface area contributed by atoms with E-state index in [1.54, 1.807) is 0 Å². The summed E-state index contributed by atoms with van der Waals surface area (Å²) in [5.74, 6) is 2.72. The second-order valence-electron chi connectivity index (χ2n) is 6.57. The average Bonchev–Trinajstić information content (AvgIpc) is 2.51. The quantitative estimate of drug-likeness (QED) is 0.866. The summed E-state index contributed by atoms with van der Waals surface area (Å²) in [5, 5.41) is 0. The third-order valence-electron chi connectivity index (χ3n) is 4.74. The molecule has 2 atom stereocenters. The maximum absolute atomic E-state index is 6.15. The first-order chi connectivity index (χ1) is 10.5. The highest BCUT2D eigenvalue weighted by atomic mass is 16.5. The Balaban J connectivity index is 1.70. The van der Waals surface area contributed by atoms with Gasteiger partial charge in [0.05, 0.1) is 0 Å². The monoisotopic (exact) mass is 297 g/mol. The summed E-state index contributed by atoms with van der Waals surface area (Å²) < 4.78 is 6.15. The van der Waals surface area contributed by atoms with Gasteiger partial charge in [0, 0.05) is 31.1 Å². The van der Waals surface area contributed by atoms with E-state index in [1.807, 2.05) is 49.5 Å². The van der Waals surface area contributed by atoms with Crippen LogP contribution in [0.1, 0.15) is 26.1 Å². The van der Waals surface area contributed by atoms with E-state index in [1.165, 1.54) is 0 Å². The molecule has 116 valence electrons. The van der Waals surface area contributed by atoms with Crippen molar-refractivity contribution in [3.05, 3.63) is 48.4 Å². The van der Waals surface area contributed by atoms with E-state index in [0.29, 0.717) is 6.04 Å². The van der Waals surface area contributed by atoms with Crippen molar-refractivity contribution in [3.8, 4) is 5.75 Å². The van der Waals surface area contributed by atoms with E-state index in [4.69, 9.17) is 4.74 Å². The Morgan fingerprint density at radius 2 is 1.91 bits per heavy atom. The van der Waals surface area contributed by atoms with Gasteiger partial charge in [0.1, 0.15) is 23.5 Å². The van der Waals surface area contributed by atoms with Gasteiger partial charge in [0.2, 0.25) is 0 Å². The second-order valence-corrected chi connectivity index (χ2v) is 6.57. The van der Waals surface area contributed by atoms with Crippen LogP contribution in [0, 0.1) is 12.3 Å². The molecule has 0 amide bonds. The molecule has 0 N–H and O–H groups in total. The van der Waals surface area contributed by atoms with E-state index < -0.39 is 0 Å². The Bertz CT molecular complexity index is 642. The maximum Gasteiger partial charge on any atom is 0.132 e. The lowest BCUT2D eigenvalue weighted by molar-refractivity contribution is -0.0417. The van der Waals surface area contributed by atoms with Gasteiger partial charge >= 0.3 is 0 Å². The molecule has 1 aliphatic rings. The van der Waals surface area contributed by atoms with E-state index >= 15 is 0 Å². The minimum absolute atomic E-state index is 0.0729. The predicted molar refractivity (Wildman–Crippen MR) is 88.2 cm³/mol. The normalized spacial score (nSPS) is 22.7. The predicted octanol–water partition coefficient (Wildman–Crippen LogP) is 3.47. The molecular formula is C18H23N3O. The number of para-hydroxylation sites is 1. The Labute approximate surface area is 132 Å². The molecule has 3 rings (SSSR count). The minimum atomic E-state index is 0.0729. The highest BCUT2D eigenvalue weighted by molar-refractivity contribution is 5.40. The molecule has 2 aromatic rings. The number of hydrogen-bond acceptors (Lipinski definition) is 4. The number of benzene rings is 1. The van der Waals surface area contributed by atoms with Crippen LogP contribution >= 0.6 is 0 Å². The molecule has 1 aliphatic carbocycles. The Morgan fingerprint density at radius 1 is 1.18 bits per heavy atom. The van der Waals surface area contributed by atoms with Crippen LogP contribution in [-0.2, 0) is 0 Å². The summed E-state index contributed by atoms with van der Waals surface area (Å²) >= 11 is 0. The van der Waals surface area contributed by atoms with Crippen LogP contribution in [0.4, 0.5) is 5.82 Å². The zero-order chi connectivity index (χ0) is 15.7. The van der Waals surface area contributed by atoms with Gasteiger partial charge in [0.15, 0.2) is 0 Å². The van der Waals surface area contributed by atoms with Crippen LogP contribution in [0.2, 0.25) is 0 Å². The second kappa shape index (κ2) is 5.59. The molecule has 22 heavy (non-hydrogen) atoms. The molecule has 4 nitrogen and oxygen atoms in total. The molecule has 1 saturated carbocycles. The van der Waals surface area contributed by atoms with Gasteiger partial charge in [-0.25, -0.2) is 9.97 Å². The number of rotatable bonds is 4. The minimum Gasteiger partial charge on any atom is -0.490 e. The van der Waals surface area contributed by atoms with Crippen molar-refractivity contribution in [3.63, 3.8) is 0 Å². The third-order valence-corrected chi connectivity index (χ3v) is 4.74. The SMILES string of the molecule is Cc1nccc(N(C)[C@@H]2C[C@H](Oc3ccccc3)C2(C)C)n1. The van der Waals surface area contributed by atoms with Gasteiger partial charge in [-0.1, -0.05) is 32.0 Å². The number of ether oxygens (including phenoxy) is 1. The first-order valence-electron chi connectivity index (χ1n) is 7.72. The fourth-order valence-electron chi connectivity index (χ4n) is 3.18. The Morgan fingerprint density at radius 3 is 2.55 bits per heavy atom. The average molecular weight is 297 g/mol. The lowest BCUT2D eigenvalue weighted by Gasteiger charge is -2.55. The van der Waals surface area contributed by atoms with Gasteiger partial charge in [-0.2, -0.15) is 0 Å². The highest BCUT2D eigenvalue weighted by Gasteiger charge is 2.52. The van der Waals surface area contributed by atoms with E-state index in [9.17, 15) is 0 Å². The van der Waals surface area contributed by atoms with Crippen LogP contribution in [0.15, 0.2) is 42.6 Å². The van der Waals surface area contributed by atoms with Crippen molar-refractivity contribution >= 4 is 5.82 Å². The van der Waals surface area contributed by atoms with Gasteiger partial charge in [-0.05, 0) is 25.1 Å². The lowest BCUT2D eigenvalue weighted by atomic mass is 9.64. The standard InChI is InChI=1S/C18H23N3O/c1-13-19-11-10-17(20-13)21(4)15-12-16(18(15,2)3)22-14-8-6-5-7-9-14/h5-11,15-16H,12H2,1-4H3/t15-,16+/m1/s1. The largest absolute Gasteiger partial charge is 0.490 e. The van der Waals surface area contributed by atoms with Crippen molar-refractivity contribution in [2.75, 3.05) is 11.9 Å². The van der Waals surface area contributed by atoms with Gasteiger partial charge < -0.3 is 9.64 Å². The Kier molecular flexibility index (Phi) is 3.77. The number of hydrogen-bond donors (Lipinski definition) is 0. The molecular weight excluding hydrogens is 274 g/mol. The summed E-state index contributed by atoms with van der Waals surface area (Å²) in [6.07, 6.45) is 3.05. The molecule has 0 bridgehead atoms. The molecule has 1 aromatic carbocycles. The van der Waals surface area contributed by atoms with Crippen molar-refractivity contribution < 1.29 is 4.74 Å². The fourth-order valence-corrected chi connectivity index (χ4v) is 3.18. The van der Waals surface area contributed by atoms with E-state index in [2.05, 4.69) is 35.8 Å². The smallest absolute Gasteiger partial charge is 0.132 e. The molecule has 4 heteroatoms. The topological polar surface area (TPSA) is 38.2 Å². The first-order valence-corrected chi connectivity index (χ1v) is 7.72. The summed E-state index contributed by atoms with van der Waals surface area (Å²) in [7, 11) is 2.10. The fraction of sp³-hybridized carbons (Fsp3) is 0.444. The van der Waals surface area contributed by atoms with Crippen LogP contribution < -0.4 is 9.64 Å². The maximum atomic E-state index is 6.15. The summed E-state index contributed by atoms with van der Waals surface area (Å²) in [6, 6.07) is 12.4. The van der Waals surface area contributed by atoms with Gasteiger partial charge in [-0.3, -0.25) is 0 Å². The van der Waals surface area contributed by atoms with Crippen LogP contribution in [-0.4, -0.2) is 29.2 Å². The van der Waals surface area contributed by atoms with Crippen LogP contribution in [0.3, 0.4) is 0 Å². The van der Waals surface area contributed by atoms with Crippen LogP contribution in [0.25, 0.3) is 0 Å². The van der Waals surface area contributed by atoms with E-state index in [-0.39, 0.29) is 11.5 Å².